The Morgan fingerprint density at radius 2 is 2.00 bits per heavy atom. The normalized spacial score (nSPS) is 11.7. The minimum Gasteiger partial charge on any atom is -0.394 e. The van der Waals surface area contributed by atoms with Crippen LogP contribution in [0.3, 0.4) is 0 Å². The maximum atomic E-state index is 11.9. The average Bonchev–Trinajstić information content (AvgIpc) is 2.50. The maximum Gasteiger partial charge on any atom is 0.320 e. The summed E-state index contributed by atoms with van der Waals surface area (Å²) in [7, 11) is 0. The first-order chi connectivity index (χ1) is 10.2. The van der Waals surface area contributed by atoms with Crippen molar-refractivity contribution in [3.05, 3.63) is 59.8 Å². The number of hydrogen-bond donors (Lipinski definition) is 3. The van der Waals surface area contributed by atoms with Crippen LogP contribution >= 0.6 is 0 Å². The summed E-state index contributed by atoms with van der Waals surface area (Å²) in [4.78, 5) is 16.0. The highest BCUT2D eigenvalue weighted by atomic mass is 16.3. The smallest absolute Gasteiger partial charge is 0.320 e. The molecule has 0 aliphatic carbocycles. The predicted molar refractivity (Wildman–Crippen MR) is 82.1 cm³/mol. The van der Waals surface area contributed by atoms with Crippen LogP contribution in [-0.2, 0) is 6.42 Å². The molecule has 2 rings (SSSR count). The van der Waals surface area contributed by atoms with E-state index in [1.54, 1.807) is 12.3 Å². The second kappa shape index (κ2) is 7.40. The summed E-state index contributed by atoms with van der Waals surface area (Å²) in [6, 6.07) is 12.6. The first kappa shape index (κ1) is 15.0. The number of carbonyl (C=O) groups is 1. The number of aryl methyl sites for hydroxylation is 1. The van der Waals surface area contributed by atoms with Crippen molar-refractivity contribution in [3.8, 4) is 0 Å². The van der Waals surface area contributed by atoms with Crippen LogP contribution in [-0.4, -0.2) is 28.8 Å². The van der Waals surface area contributed by atoms with E-state index < -0.39 is 0 Å². The van der Waals surface area contributed by atoms with Crippen molar-refractivity contribution >= 4 is 11.8 Å². The third kappa shape index (κ3) is 4.89. The van der Waals surface area contributed by atoms with E-state index in [0.717, 1.165) is 11.1 Å². The van der Waals surface area contributed by atoms with Crippen LogP contribution in [0.2, 0.25) is 0 Å². The summed E-state index contributed by atoms with van der Waals surface area (Å²) < 4.78 is 0. The lowest BCUT2D eigenvalue weighted by molar-refractivity contribution is 0.224. The standard InChI is InChI=1S/C16H19N3O2/c1-12-7-8-15(17-10-12)19-16(21)18-14(11-20)9-13-5-3-2-4-6-13/h2-8,10,14,20H,9,11H2,1H3,(H2,17,18,19,21)/t14-/m0/s1. The zero-order chi connectivity index (χ0) is 15.1. The van der Waals surface area contributed by atoms with E-state index in [-0.39, 0.29) is 18.7 Å². The highest BCUT2D eigenvalue weighted by Gasteiger charge is 2.12. The molecular formula is C16H19N3O2. The van der Waals surface area contributed by atoms with Crippen LogP contribution < -0.4 is 10.6 Å². The number of benzene rings is 1. The molecule has 5 heteroatoms. The van der Waals surface area contributed by atoms with Crippen molar-refractivity contribution < 1.29 is 9.90 Å². The number of rotatable bonds is 5. The molecule has 2 aromatic rings. The van der Waals surface area contributed by atoms with E-state index >= 15 is 0 Å². The number of aromatic nitrogens is 1. The molecule has 2 amide bonds. The Morgan fingerprint density at radius 3 is 2.62 bits per heavy atom. The molecule has 1 atom stereocenters. The lowest BCUT2D eigenvalue weighted by Gasteiger charge is -2.16. The zero-order valence-electron chi connectivity index (χ0n) is 11.9. The molecule has 0 unspecified atom stereocenters. The van der Waals surface area contributed by atoms with Gasteiger partial charge in [0, 0.05) is 6.20 Å². The topological polar surface area (TPSA) is 74.2 Å². The summed E-state index contributed by atoms with van der Waals surface area (Å²) in [5.41, 5.74) is 2.09. The van der Waals surface area contributed by atoms with Gasteiger partial charge in [-0.15, -0.1) is 0 Å². The van der Waals surface area contributed by atoms with Crippen LogP contribution in [0.1, 0.15) is 11.1 Å². The Kier molecular flexibility index (Phi) is 5.29. The first-order valence-corrected chi connectivity index (χ1v) is 6.82. The summed E-state index contributed by atoms with van der Waals surface area (Å²) in [6.07, 6.45) is 2.26. The van der Waals surface area contributed by atoms with E-state index in [4.69, 9.17) is 0 Å². The number of nitrogens with one attached hydrogen (secondary N) is 2. The molecule has 110 valence electrons. The molecule has 1 heterocycles. The Bertz CT molecular complexity index is 570. The lowest BCUT2D eigenvalue weighted by atomic mass is 10.1. The summed E-state index contributed by atoms with van der Waals surface area (Å²) in [5.74, 6) is 0.481. The van der Waals surface area contributed by atoms with Gasteiger partial charge >= 0.3 is 6.03 Å². The van der Waals surface area contributed by atoms with Crippen LogP contribution in [0.5, 0.6) is 0 Å². The van der Waals surface area contributed by atoms with Gasteiger partial charge in [0.25, 0.3) is 0 Å². The summed E-state index contributed by atoms with van der Waals surface area (Å²) in [6.45, 7) is 1.81. The number of pyridine rings is 1. The molecule has 5 nitrogen and oxygen atoms in total. The molecule has 0 radical (unpaired) electrons. The minimum atomic E-state index is -0.374. The van der Waals surface area contributed by atoms with Gasteiger partial charge in [-0.1, -0.05) is 36.4 Å². The molecule has 0 spiro atoms. The van der Waals surface area contributed by atoms with Crippen molar-refractivity contribution in [1.29, 1.82) is 0 Å². The van der Waals surface area contributed by atoms with E-state index in [1.807, 2.05) is 43.3 Å². The van der Waals surface area contributed by atoms with Crippen molar-refractivity contribution in [2.24, 2.45) is 0 Å². The van der Waals surface area contributed by atoms with Gasteiger partial charge in [0.15, 0.2) is 0 Å². The number of nitrogens with zero attached hydrogens (tertiary/aromatic N) is 1. The van der Waals surface area contributed by atoms with Crippen molar-refractivity contribution in [3.63, 3.8) is 0 Å². The molecule has 0 saturated carbocycles. The fraction of sp³-hybridized carbons (Fsp3) is 0.250. The Morgan fingerprint density at radius 1 is 1.24 bits per heavy atom. The van der Waals surface area contributed by atoms with Gasteiger partial charge in [-0.3, -0.25) is 5.32 Å². The number of hydrogen-bond acceptors (Lipinski definition) is 3. The SMILES string of the molecule is Cc1ccc(NC(=O)N[C@H](CO)Cc2ccccc2)nc1. The van der Waals surface area contributed by atoms with Gasteiger partial charge in [-0.25, -0.2) is 9.78 Å². The number of aliphatic hydroxyl groups is 1. The van der Waals surface area contributed by atoms with E-state index in [0.29, 0.717) is 12.2 Å². The molecular weight excluding hydrogens is 266 g/mol. The monoisotopic (exact) mass is 285 g/mol. The van der Waals surface area contributed by atoms with Crippen molar-refractivity contribution in [2.45, 2.75) is 19.4 Å². The molecule has 1 aromatic heterocycles. The molecule has 21 heavy (non-hydrogen) atoms. The summed E-state index contributed by atoms with van der Waals surface area (Å²) in [5, 5.41) is 14.8. The van der Waals surface area contributed by atoms with Gasteiger partial charge in [-0.05, 0) is 30.5 Å². The van der Waals surface area contributed by atoms with Crippen LogP contribution in [0.4, 0.5) is 10.6 Å². The fourth-order valence-electron chi connectivity index (χ4n) is 1.94. The maximum absolute atomic E-state index is 11.9. The van der Waals surface area contributed by atoms with Gasteiger partial charge in [-0.2, -0.15) is 0 Å². The van der Waals surface area contributed by atoms with Gasteiger partial charge in [0.1, 0.15) is 5.82 Å². The lowest BCUT2D eigenvalue weighted by Crippen LogP contribution is -2.41. The van der Waals surface area contributed by atoms with Crippen LogP contribution in [0, 0.1) is 6.92 Å². The third-order valence-corrected chi connectivity index (χ3v) is 3.03. The van der Waals surface area contributed by atoms with E-state index in [2.05, 4.69) is 15.6 Å². The number of aliphatic hydroxyl groups excluding tert-OH is 1. The number of urea groups is 1. The Labute approximate surface area is 124 Å². The quantitative estimate of drug-likeness (QED) is 0.787. The highest BCUT2D eigenvalue weighted by Crippen LogP contribution is 2.05. The molecule has 1 aromatic carbocycles. The average molecular weight is 285 g/mol. The van der Waals surface area contributed by atoms with Gasteiger partial charge in [0.2, 0.25) is 0 Å². The van der Waals surface area contributed by atoms with Crippen LogP contribution in [0.25, 0.3) is 0 Å². The molecule has 0 saturated heterocycles. The van der Waals surface area contributed by atoms with Crippen LogP contribution in [0.15, 0.2) is 48.7 Å². The van der Waals surface area contributed by atoms with Crippen molar-refractivity contribution in [1.82, 2.24) is 10.3 Å². The van der Waals surface area contributed by atoms with Crippen molar-refractivity contribution in [2.75, 3.05) is 11.9 Å². The van der Waals surface area contributed by atoms with Gasteiger partial charge in [0.05, 0.1) is 12.6 Å². The number of carbonyl (C=O) groups excluding carboxylic acids is 1. The molecule has 0 fully saturated rings. The first-order valence-electron chi connectivity index (χ1n) is 6.82. The zero-order valence-corrected chi connectivity index (χ0v) is 11.9. The van der Waals surface area contributed by atoms with E-state index in [9.17, 15) is 9.90 Å². The Balaban J connectivity index is 1.89. The van der Waals surface area contributed by atoms with Gasteiger partial charge < -0.3 is 10.4 Å². The predicted octanol–water partition coefficient (Wildman–Crippen LogP) is 2.12. The second-order valence-electron chi connectivity index (χ2n) is 4.89. The molecule has 0 aliphatic rings. The molecule has 3 N–H and O–H groups in total. The highest BCUT2D eigenvalue weighted by molar-refractivity contribution is 5.88. The minimum absolute atomic E-state index is 0.121. The number of anilines is 1. The molecule has 0 bridgehead atoms. The molecule has 0 aliphatic heterocycles. The fourth-order valence-corrected chi connectivity index (χ4v) is 1.94. The third-order valence-electron chi connectivity index (χ3n) is 3.03. The Hall–Kier alpha value is -2.40. The van der Waals surface area contributed by atoms with E-state index in [1.165, 1.54) is 0 Å². The summed E-state index contributed by atoms with van der Waals surface area (Å²) >= 11 is 0. The largest absolute Gasteiger partial charge is 0.394 e. The number of amides is 2. The second-order valence-corrected chi connectivity index (χ2v) is 4.89.